The van der Waals surface area contributed by atoms with Crippen molar-refractivity contribution in [2.45, 2.75) is 27.2 Å². The molecule has 0 aliphatic rings. The molecule has 2 rings (SSSR count). The van der Waals surface area contributed by atoms with Gasteiger partial charge in [0.05, 0.1) is 5.02 Å². The molecule has 0 fully saturated rings. The van der Waals surface area contributed by atoms with Gasteiger partial charge in [-0.15, -0.1) is 0 Å². The predicted molar refractivity (Wildman–Crippen MR) is 90.6 cm³/mol. The van der Waals surface area contributed by atoms with Gasteiger partial charge in [-0.1, -0.05) is 18.5 Å². The number of anilines is 1. The second kappa shape index (κ2) is 7.40. The van der Waals surface area contributed by atoms with E-state index in [0.29, 0.717) is 40.5 Å². The van der Waals surface area contributed by atoms with Gasteiger partial charge in [-0.2, -0.15) is 0 Å². The Bertz CT molecular complexity index is 670. The molecule has 0 atom stereocenters. The number of carbonyl (C=O) groups is 1. The highest BCUT2D eigenvalue weighted by atomic mass is 35.5. The number of nitrogens with zero attached hydrogens (tertiary/aromatic N) is 3. The zero-order chi connectivity index (χ0) is 16.1. The first kappa shape index (κ1) is 16.5. The molecule has 5 nitrogen and oxygen atoms in total. The minimum atomic E-state index is -0.105. The highest BCUT2D eigenvalue weighted by Gasteiger charge is 2.23. The third-order valence-electron chi connectivity index (χ3n) is 3.50. The zero-order valence-electron chi connectivity index (χ0n) is 13.2. The van der Waals surface area contributed by atoms with E-state index in [9.17, 15) is 4.79 Å². The number of pyridine rings is 2. The van der Waals surface area contributed by atoms with Gasteiger partial charge in [0.1, 0.15) is 11.4 Å². The van der Waals surface area contributed by atoms with Crippen molar-refractivity contribution < 1.29 is 4.79 Å². The summed E-state index contributed by atoms with van der Waals surface area (Å²) in [5.41, 5.74) is 0.974. The van der Waals surface area contributed by atoms with E-state index in [1.807, 2.05) is 19.9 Å². The van der Waals surface area contributed by atoms with Gasteiger partial charge in [0, 0.05) is 31.2 Å². The molecule has 0 aromatic carbocycles. The molecule has 0 aliphatic heterocycles. The molecule has 2 aromatic heterocycles. The summed E-state index contributed by atoms with van der Waals surface area (Å²) < 4.78 is 0. The summed E-state index contributed by atoms with van der Waals surface area (Å²) in [4.78, 5) is 23.3. The van der Waals surface area contributed by atoms with Crippen LogP contribution in [0.2, 0.25) is 5.02 Å². The molecule has 0 aliphatic carbocycles. The standard InChI is InChI=1S/C16H21ClN4O/c1-4-9-18-15-12(16(22)21(5-2)6-3)13(17)11-8-7-10-19-14(11)20-15/h7-8,10H,4-6,9H2,1-3H3,(H,18,19,20). The van der Waals surface area contributed by atoms with Crippen LogP contribution in [0.3, 0.4) is 0 Å². The summed E-state index contributed by atoms with van der Waals surface area (Å²) in [6.45, 7) is 7.93. The van der Waals surface area contributed by atoms with Crippen molar-refractivity contribution in [3.8, 4) is 0 Å². The SMILES string of the molecule is CCCNc1nc2ncccc2c(Cl)c1C(=O)N(CC)CC. The Morgan fingerprint density at radius 2 is 2.05 bits per heavy atom. The average molecular weight is 321 g/mol. The first-order valence-electron chi connectivity index (χ1n) is 7.61. The molecule has 0 saturated heterocycles. The second-order valence-corrected chi connectivity index (χ2v) is 5.31. The van der Waals surface area contributed by atoms with Crippen molar-refractivity contribution in [2.24, 2.45) is 0 Å². The van der Waals surface area contributed by atoms with Crippen LogP contribution < -0.4 is 5.32 Å². The largest absolute Gasteiger partial charge is 0.369 e. The minimum absolute atomic E-state index is 0.105. The quantitative estimate of drug-likeness (QED) is 0.883. The topological polar surface area (TPSA) is 58.1 Å². The lowest BCUT2D eigenvalue weighted by atomic mass is 10.1. The van der Waals surface area contributed by atoms with E-state index in [2.05, 4.69) is 22.2 Å². The molecule has 1 amide bonds. The Kier molecular flexibility index (Phi) is 5.55. The van der Waals surface area contributed by atoms with Crippen LogP contribution >= 0.6 is 11.6 Å². The number of nitrogens with one attached hydrogen (secondary N) is 1. The van der Waals surface area contributed by atoms with Crippen LogP contribution in [-0.2, 0) is 0 Å². The maximum atomic E-state index is 12.8. The number of aromatic nitrogens is 2. The fourth-order valence-electron chi connectivity index (χ4n) is 2.29. The van der Waals surface area contributed by atoms with Crippen LogP contribution in [0.5, 0.6) is 0 Å². The van der Waals surface area contributed by atoms with Gasteiger partial charge in [-0.3, -0.25) is 4.79 Å². The molecule has 2 aromatic rings. The van der Waals surface area contributed by atoms with Gasteiger partial charge in [0.25, 0.3) is 5.91 Å². The predicted octanol–water partition coefficient (Wildman–Crippen LogP) is 3.59. The van der Waals surface area contributed by atoms with Gasteiger partial charge < -0.3 is 10.2 Å². The van der Waals surface area contributed by atoms with Crippen molar-refractivity contribution in [2.75, 3.05) is 25.0 Å². The Labute approximate surface area is 135 Å². The van der Waals surface area contributed by atoms with Crippen LogP contribution in [0.25, 0.3) is 11.0 Å². The van der Waals surface area contributed by atoms with E-state index in [1.165, 1.54) is 0 Å². The first-order chi connectivity index (χ1) is 10.6. The number of halogens is 1. The zero-order valence-corrected chi connectivity index (χ0v) is 13.9. The highest BCUT2D eigenvalue weighted by molar-refractivity contribution is 6.39. The van der Waals surface area contributed by atoms with E-state index in [-0.39, 0.29) is 5.91 Å². The molecule has 6 heteroatoms. The minimum Gasteiger partial charge on any atom is -0.369 e. The summed E-state index contributed by atoms with van der Waals surface area (Å²) in [7, 11) is 0. The summed E-state index contributed by atoms with van der Waals surface area (Å²) >= 11 is 6.51. The van der Waals surface area contributed by atoms with E-state index >= 15 is 0 Å². The first-order valence-corrected chi connectivity index (χ1v) is 7.99. The van der Waals surface area contributed by atoms with Crippen molar-refractivity contribution in [1.29, 1.82) is 0 Å². The Morgan fingerprint density at radius 3 is 2.68 bits per heavy atom. The lowest BCUT2D eigenvalue weighted by Crippen LogP contribution is -2.31. The molecule has 0 radical (unpaired) electrons. The lowest BCUT2D eigenvalue weighted by Gasteiger charge is -2.21. The fourth-order valence-corrected chi connectivity index (χ4v) is 2.61. The number of fused-ring (bicyclic) bond motifs is 1. The van der Waals surface area contributed by atoms with Gasteiger partial charge >= 0.3 is 0 Å². The Hall–Kier alpha value is -1.88. The lowest BCUT2D eigenvalue weighted by molar-refractivity contribution is 0.0774. The van der Waals surface area contributed by atoms with Crippen LogP contribution in [0.15, 0.2) is 18.3 Å². The van der Waals surface area contributed by atoms with E-state index in [0.717, 1.165) is 13.0 Å². The van der Waals surface area contributed by atoms with E-state index in [4.69, 9.17) is 11.6 Å². The molecule has 0 unspecified atom stereocenters. The Balaban J connectivity index is 2.62. The van der Waals surface area contributed by atoms with Crippen molar-refractivity contribution >= 4 is 34.4 Å². The van der Waals surface area contributed by atoms with Crippen LogP contribution in [-0.4, -0.2) is 40.4 Å². The summed E-state index contributed by atoms with van der Waals surface area (Å²) in [6, 6.07) is 3.63. The number of hydrogen-bond donors (Lipinski definition) is 1. The van der Waals surface area contributed by atoms with Crippen LogP contribution in [0, 0.1) is 0 Å². The molecule has 22 heavy (non-hydrogen) atoms. The number of hydrogen-bond acceptors (Lipinski definition) is 4. The van der Waals surface area contributed by atoms with Crippen molar-refractivity contribution in [1.82, 2.24) is 14.9 Å². The molecule has 0 spiro atoms. The van der Waals surface area contributed by atoms with Crippen LogP contribution in [0.1, 0.15) is 37.6 Å². The summed E-state index contributed by atoms with van der Waals surface area (Å²) in [6.07, 6.45) is 2.60. The van der Waals surface area contributed by atoms with Gasteiger partial charge in [-0.05, 0) is 32.4 Å². The molecular weight excluding hydrogens is 300 g/mol. The third-order valence-corrected chi connectivity index (χ3v) is 3.90. The van der Waals surface area contributed by atoms with Crippen molar-refractivity contribution in [3.05, 3.63) is 28.9 Å². The number of carbonyl (C=O) groups excluding carboxylic acids is 1. The van der Waals surface area contributed by atoms with Gasteiger partial charge in [0.2, 0.25) is 0 Å². The van der Waals surface area contributed by atoms with Gasteiger partial charge in [0.15, 0.2) is 5.65 Å². The molecule has 2 heterocycles. The Morgan fingerprint density at radius 1 is 1.32 bits per heavy atom. The summed E-state index contributed by atoms with van der Waals surface area (Å²) in [5, 5.41) is 4.30. The van der Waals surface area contributed by atoms with E-state index < -0.39 is 0 Å². The number of amides is 1. The monoisotopic (exact) mass is 320 g/mol. The van der Waals surface area contributed by atoms with Gasteiger partial charge in [-0.25, -0.2) is 9.97 Å². The molecule has 0 bridgehead atoms. The van der Waals surface area contributed by atoms with Crippen LogP contribution in [0.4, 0.5) is 5.82 Å². The number of rotatable bonds is 6. The fraction of sp³-hybridized carbons (Fsp3) is 0.438. The third kappa shape index (κ3) is 3.14. The maximum absolute atomic E-state index is 12.8. The molecule has 1 N–H and O–H groups in total. The second-order valence-electron chi connectivity index (χ2n) is 4.93. The summed E-state index contributed by atoms with van der Waals surface area (Å²) in [5.74, 6) is 0.404. The van der Waals surface area contributed by atoms with E-state index in [1.54, 1.807) is 17.2 Å². The molecule has 0 saturated carbocycles. The molecular formula is C16H21ClN4O. The maximum Gasteiger partial charge on any atom is 0.259 e. The average Bonchev–Trinajstić information content (AvgIpc) is 2.54. The highest BCUT2D eigenvalue weighted by Crippen LogP contribution is 2.31. The molecule has 118 valence electrons. The van der Waals surface area contributed by atoms with Crippen molar-refractivity contribution in [3.63, 3.8) is 0 Å². The normalized spacial score (nSPS) is 10.7. The smallest absolute Gasteiger partial charge is 0.259 e.